The smallest absolute Gasteiger partial charge is 0.332 e. The number of anilines is 1. The number of hydrogen-bond donors (Lipinski definition) is 2. The molecule has 0 saturated carbocycles. The van der Waals surface area contributed by atoms with Gasteiger partial charge in [-0.25, -0.2) is 4.79 Å². The Balaban J connectivity index is 2.73. The van der Waals surface area contributed by atoms with Crippen LogP contribution in [0.2, 0.25) is 0 Å². The highest BCUT2D eigenvalue weighted by molar-refractivity contribution is 6.08. The van der Waals surface area contributed by atoms with Crippen molar-refractivity contribution in [1.82, 2.24) is 0 Å². The normalized spacial score (nSPS) is 11.7. The molecule has 3 N–H and O–H groups in total. The average Bonchev–Trinajstić information content (AvgIpc) is 2.40. The molecular formula is C14H20N2O3. The number of rotatable bonds is 6. The Morgan fingerprint density at radius 2 is 2.00 bits per heavy atom. The first-order chi connectivity index (χ1) is 9.10. The molecule has 5 heteroatoms. The molecule has 1 aromatic rings. The maximum atomic E-state index is 11.8. The molecule has 1 unspecified atom stereocenters. The molecule has 1 amide bonds. The molecule has 0 heterocycles. The summed E-state index contributed by atoms with van der Waals surface area (Å²) in [5.41, 5.74) is 7.24. The van der Waals surface area contributed by atoms with Gasteiger partial charge in [-0.05, 0) is 25.0 Å². The zero-order valence-electron chi connectivity index (χ0n) is 11.3. The lowest BCUT2D eigenvalue weighted by Crippen LogP contribution is -2.43. The van der Waals surface area contributed by atoms with Gasteiger partial charge in [0.05, 0.1) is 6.61 Å². The molecule has 0 radical (unpaired) electrons. The number of ether oxygens (including phenoxy) is 1. The molecule has 0 bridgehead atoms. The van der Waals surface area contributed by atoms with Gasteiger partial charge in [-0.3, -0.25) is 4.79 Å². The van der Waals surface area contributed by atoms with Gasteiger partial charge in [-0.1, -0.05) is 31.5 Å². The molecule has 0 aliphatic carbocycles. The molecular weight excluding hydrogens is 244 g/mol. The summed E-state index contributed by atoms with van der Waals surface area (Å²) in [7, 11) is 0. The van der Waals surface area contributed by atoms with Gasteiger partial charge in [0.2, 0.25) is 0 Å². The molecule has 0 aliphatic heterocycles. The number of aryl methyl sites for hydroxylation is 1. The number of benzene rings is 1. The van der Waals surface area contributed by atoms with E-state index in [2.05, 4.69) is 12.2 Å². The molecule has 0 spiro atoms. The van der Waals surface area contributed by atoms with E-state index in [4.69, 9.17) is 10.5 Å². The van der Waals surface area contributed by atoms with Crippen molar-refractivity contribution in [2.45, 2.75) is 32.7 Å². The largest absolute Gasteiger partial charge is 0.464 e. The summed E-state index contributed by atoms with van der Waals surface area (Å²) in [6.07, 6.45) is 1.82. The second kappa shape index (κ2) is 7.53. The summed E-state index contributed by atoms with van der Waals surface area (Å²) in [5.74, 6) is -1.27. The van der Waals surface area contributed by atoms with E-state index in [0.717, 1.165) is 18.4 Å². The van der Waals surface area contributed by atoms with E-state index in [-0.39, 0.29) is 6.61 Å². The van der Waals surface area contributed by atoms with Crippen molar-refractivity contribution in [3.05, 3.63) is 29.8 Å². The number of carbonyl (C=O) groups excluding carboxylic acids is 2. The van der Waals surface area contributed by atoms with Crippen molar-refractivity contribution in [2.24, 2.45) is 5.73 Å². The van der Waals surface area contributed by atoms with Gasteiger partial charge in [-0.2, -0.15) is 0 Å². The molecule has 0 saturated heterocycles. The number of amides is 1. The van der Waals surface area contributed by atoms with E-state index < -0.39 is 17.9 Å². The van der Waals surface area contributed by atoms with E-state index in [1.54, 1.807) is 13.0 Å². The monoisotopic (exact) mass is 264 g/mol. The molecule has 0 aliphatic rings. The van der Waals surface area contributed by atoms with Gasteiger partial charge in [0.25, 0.3) is 5.91 Å². The van der Waals surface area contributed by atoms with Crippen molar-refractivity contribution in [3.8, 4) is 0 Å². The Morgan fingerprint density at radius 3 is 2.63 bits per heavy atom. The lowest BCUT2D eigenvalue weighted by molar-refractivity contribution is -0.146. The van der Waals surface area contributed by atoms with Crippen molar-refractivity contribution in [2.75, 3.05) is 11.9 Å². The lowest BCUT2D eigenvalue weighted by atomic mass is 10.1. The highest BCUT2D eigenvalue weighted by Crippen LogP contribution is 2.16. The maximum absolute atomic E-state index is 11.8. The second-order valence-corrected chi connectivity index (χ2v) is 4.13. The van der Waals surface area contributed by atoms with Crippen LogP contribution >= 0.6 is 0 Å². The van der Waals surface area contributed by atoms with E-state index >= 15 is 0 Å². The number of hydrogen-bond acceptors (Lipinski definition) is 4. The highest BCUT2D eigenvalue weighted by atomic mass is 16.5. The average molecular weight is 264 g/mol. The molecule has 1 aromatic carbocycles. The molecule has 5 nitrogen and oxygen atoms in total. The number of nitrogens with one attached hydrogen (secondary N) is 1. The van der Waals surface area contributed by atoms with Crippen LogP contribution in [0.5, 0.6) is 0 Å². The van der Waals surface area contributed by atoms with Crippen LogP contribution in [0.4, 0.5) is 5.69 Å². The Labute approximate surface area is 113 Å². The van der Waals surface area contributed by atoms with Crippen molar-refractivity contribution in [1.29, 1.82) is 0 Å². The van der Waals surface area contributed by atoms with Crippen molar-refractivity contribution < 1.29 is 14.3 Å². The first-order valence-corrected chi connectivity index (χ1v) is 6.41. The summed E-state index contributed by atoms with van der Waals surface area (Å²) >= 11 is 0. The Hall–Kier alpha value is -1.88. The van der Waals surface area contributed by atoms with Crippen LogP contribution in [0.15, 0.2) is 24.3 Å². The second-order valence-electron chi connectivity index (χ2n) is 4.13. The molecule has 19 heavy (non-hydrogen) atoms. The third kappa shape index (κ3) is 4.37. The van der Waals surface area contributed by atoms with Crippen LogP contribution in [0.3, 0.4) is 0 Å². The van der Waals surface area contributed by atoms with Crippen LogP contribution in [0.25, 0.3) is 0 Å². The highest BCUT2D eigenvalue weighted by Gasteiger charge is 2.23. The molecule has 1 rings (SSSR count). The van der Waals surface area contributed by atoms with Gasteiger partial charge < -0.3 is 15.8 Å². The summed E-state index contributed by atoms with van der Waals surface area (Å²) < 4.78 is 4.72. The molecule has 0 fully saturated rings. The Bertz CT molecular complexity index is 446. The quantitative estimate of drug-likeness (QED) is 0.602. The third-order valence-corrected chi connectivity index (χ3v) is 2.62. The van der Waals surface area contributed by atoms with Crippen LogP contribution < -0.4 is 11.1 Å². The zero-order valence-corrected chi connectivity index (χ0v) is 11.3. The third-order valence-electron chi connectivity index (χ3n) is 2.62. The van der Waals surface area contributed by atoms with Crippen molar-refractivity contribution >= 4 is 17.6 Å². The fraction of sp³-hybridized carbons (Fsp3) is 0.429. The SMILES string of the molecule is CCCc1ccccc1NC(=O)C(N)C(=O)OCC. The molecule has 104 valence electrons. The fourth-order valence-electron chi connectivity index (χ4n) is 1.68. The van der Waals surface area contributed by atoms with Crippen LogP contribution in [-0.4, -0.2) is 24.5 Å². The molecule has 0 aromatic heterocycles. The molecule has 1 atom stereocenters. The first kappa shape index (κ1) is 15.2. The van der Waals surface area contributed by atoms with Gasteiger partial charge >= 0.3 is 5.97 Å². The maximum Gasteiger partial charge on any atom is 0.332 e. The zero-order chi connectivity index (χ0) is 14.3. The summed E-state index contributed by atoms with van der Waals surface area (Å²) in [4.78, 5) is 23.2. The number of carbonyl (C=O) groups is 2. The topological polar surface area (TPSA) is 81.4 Å². The summed E-state index contributed by atoms with van der Waals surface area (Å²) in [5, 5.41) is 2.67. The predicted molar refractivity (Wildman–Crippen MR) is 73.7 cm³/mol. The minimum Gasteiger partial charge on any atom is -0.464 e. The standard InChI is InChI=1S/C14H20N2O3/c1-3-7-10-8-5-6-9-11(10)16-13(17)12(15)14(18)19-4-2/h5-6,8-9,12H,3-4,7,15H2,1-2H3,(H,16,17). The van der Waals surface area contributed by atoms with Gasteiger partial charge in [0.15, 0.2) is 6.04 Å². The lowest BCUT2D eigenvalue weighted by Gasteiger charge is -2.13. The Kier molecular flexibility index (Phi) is 6.02. The first-order valence-electron chi connectivity index (χ1n) is 6.41. The van der Waals surface area contributed by atoms with Gasteiger partial charge in [0, 0.05) is 5.69 Å². The minimum atomic E-state index is -1.30. The number of esters is 1. The van der Waals surface area contributed by atoms with E-state index in [9.17, 15) is 9.59 Å². The van der Waals surface area contributed by atoms with Crippen LogP contribution in [0, 0.1) is 0 Å². The van der Waals surface area contributed by atoms with Gasteiger partial charge in [0.1, 0.15) is 0 Å². The fourth-order valence-corrected chi connectivity index (χ4v) is 1.68. The summed E-state index contributed by atoms with van der Waals surface area (Å²) in [6.45, 7) is 3.92. The number of para-hydroxylation sites is 1. The van der Waals surface area contributed by atoms with Gasteiger partial charge in [-0.15, -0.1) is 0 Å². The van der Waals surface area contributed by atoms with Crippen molar-refractivity contribution in [3.63, 3.8) is 0 Å². The minimum absolute atomic E-state index is 0.201. The van der Waals surface area contributed by atoms with E-state index in [1.165, 1.54) is 0 Å². The predicted octanol–water partition coefficient (Wildman–Crippen LogP) is 1.47. The van der Waals surface area contributed by atoms with E-state index in [1.807, 2.05) is 18.2 Å². The van der Waals surface area contributed by atoms with Crippen LogP contribution in [0.1, 0.15) is 25.8 Å². The number of nitrogens with two attached hydrogens (primary N) is 1. The summed E-state index contributed by atoms with van der Waals surface area (Å²) in [6, 6.07) is 6.17. The van der Waals surface area contributed by atoms with E-state index in [0.29, 0.717) is 5.69 Å². The Morgan fingerprint density at radius 1 is 1.32 bits per heavy atom. The van der Waals surface area contributed by atoms with Crippen LogP contribution in [-0.2, 0) is 20.7 Å².